The summed E-state index contributed by atoms with van der Waals surface area (Å²) in [6, 6.07) is 15.1. The predicted molar refractivity (Wildman–Crippen MR) is 109 cm³/mol. The summed E-state index contributed by atoms with van der Waals surface area (Å²) in [5, 5.41) is 12.0. The monoisotopic (exact) mass is 412 g/mol. The number of ether oxygens (including phenoxy) is 1. The highest BCUT2D eigenvalue weighted by Crippen LogP contribution is 2.44. The molecule has 2 aromatic carbocycles. The average molecular weight is 412 g/mol. The van der Waals surface area contributed by atoms with Gasteiger partial charge in [0.25, 0.3) is 5.91 Å². The van der Waals surface area contributed by atoms with Crippen molar-refractivity contribution < 1.29 is 29.1 Å². The van der Waals surface area contributed by atoms with Crippen molar-refractivity contribution in [3.63, 3.8) is 0 Å². The summed E-state index contributed by atoms with van der Waals surface area (Å²) in [4.78, 5) is 40.1. The van der Waals surface area contributed by atoms with E-state index in [1.165, 1.54) is 7.05 Å². The lowest BCUT2D eigenvalue weighted by Gasteiger charge is -2.22. The van der Waals surface area contributed by atoms with Crippen molar-refractivity contribution in [3.8, 4) is 11.1 Å². The topological polar surface area (TPSA) is 105 Å². The number of aliphatic carboxylic acids is 1. The Labute approximate surface area is 174 Å². The number of hydrogen-bond acceptors (Lipinski definition) is 5. The molecule has 0 fully saturated rings. The molecular weight excluding hydrogens is 388 g/mol. The minimum atomic E-state index is -1.20. The van der Waals surface area contributed by atoms with Crippen LogP contribution >= 0.6 is 0 Å². The van der Waals surface area contributed by atoms with E-state index in [1.54, 1.807) is 6.92 Å². The number of likely N-dealkylation sites (N-methyl/N-ethyl adjacent to an activating group) is 1. The van der Waals surface area contributed by atoms with Crippen molar-refractivity contribution in [2.75, 3.05) is 20.3 Å². The highest BCUT2D eigenvalue weighted by Gasteiger charge is 2.30. The maximum Gasteiger partial charge on any atom is 0.407 e. The molecule has 0 heterocycles. The Bertz CT molecular complexity index is 899. The number of amides is 2. The molecule has 8 heteroatoms. The molecule has 2 aromatic rings. The fraction of sp³-hybridized carbons (Fsp3) is 0.318. The first-order valence-corrected chi connectivity index (χ1v) is 9.66. The Morgan fingerprint density at radius 3 is 2.17 bits per heavy atom. The molecule has 0 spiro atoms. The molecule has 0 bridgehead atoms. The number of fused-ring (bicyclic) bond motifs is 3. The quantitative estimate of drug-likeness (QED) is 0.646. The molecule has 1 unspecified atom stereocenters. The van der Waals surface area contributed by atoms with Crippen LogP contribution in [-0.4, -0.2) is 54.4 Å². The molecule has 0 saturated carbocycles. The van der Waals surface area contributed by atoms with E-state index in [1.807, 2.05) is 48.5 Å². The summed E-state index contributed by atoms with van der Waals surface area (Å²) in [5.41, 5.74) is 4.44. The predicted octanol–water partition coefficient (Wildman–Crippen LogP) is 2.78. The Morgan fingerprint density at radius 1 is 1.07 bits per heavy atom. The lowest BCUT2D eigenvalue weighted by Crippen LogP contribution is -2.47. The zero-order chi connectivity index (χ0) is 21.7. The number of nitrogens with zero attached hydrogens (tertiary/aromatic N) is 1. The van der Waals surface area contributed by atoms with Gasteiger partial charge in [-0.25, -0.2) is 14.7 Å². The molecular formula is C22H24N2O6. The largest absolute Gasteiger partial charge is 0.479 e. The number of carboxylic acids is 1. The van der Waals surface area contributed by atoms with Crippen LogP contribution in [0.25, 0.3) is 11.1 Å². The number of carboxylic acid groups (broad SMARTS) is 1. The van der Waals surface area contributed by atoms with Crippen molar-refractivity contribution in [1.82, 2.24) is 10.4 Å². The molecule has 1 aliphatic rings. The molecule has 2 N–H and O–H groups in total. The van der Waals surface area contributed by atoms with E-state index in [4.69, 9.17) is 14.7 Å². The van der Waals surface area contributed by atoms with Crippen LogP contribution in [0.1, 0.15) is 30.4 Å². The lowest BCUT2D eigenvalue weighted by molar-refractivity contribution is -0.187. The minimum Gasteiger partial charge on any atom is -0.479 e. The fourth-order valence-electron chi connectivity index (χ4n) is 3.56. The average Bonchev–Trinajstić information content (AvgIpc) is 3.07. The molecule has 0 radical (unpaired) electrons. The molecule has 0 aliphatic heterocycles. The molecule has 158 valence electrons. The van der Waals surface area contributed by atoms with Crippen LogP contribution in [0.2, 0.25) is 0 Å². The van der Waals surface area contributed by atoms with Gasteiger partial charge in [0.1, 0.15) is 12.6 Å². The van der Waals surface area contributed by atoms with Crippen molar-refractivity contribution >= 4 is 18.0 Å². The Kier molecular flexibility index (Phi) is 6.68. The third kappa shape index (κ3) is 4.60. The zero-order valence-corrected chi connectivity index (χ0v) is 16.8. The number of benzene rings is 2. The first-order chi connectivity index (χ1) is 14.4. The standard InChI is InChI=1S/C22H24N2O6/c1-3-19(21(27)24(2)30-13-20(25)26)23-22(28)29-12-18-16-10-6-4-8-14(16)15-9-5-7-11-17(15)18/h4-11,18-19H,3,12-13H2,1-2H3,(H,23,28)(H,25,26). The normalized spacial score (nSPS) is 13.1. The van der Waals surface area contributed by atoms with Crippen molar-refractivity contribution in [3.05, 3.63) is 59.7 Å². The highest BCUT2D eigenvalue weighted by molar-refractivity contribution is 5.85. The van der Waals surface area contributed by atoms with Crippen molar-refractivity contribution in [2.45, 2.75) is 25.3 Å². The molecule has 0 saturated heterocycles. The smallest absolute Gasteiger partial charge is 0.407 e. The van der Waals surface area contributed by atoms with Crippen LogP contribution in [0, 0.1) is 0 Å². The molecule has 30 heavy (non-hydrogen) atoms. The van der Waals surface area contributed by atoms with Gasteiger partial charge >= 0.3 is 12.1 Å². The van der Waals surface area contributed by atoms with Crippen LogP contribution in [0.15, 0.2) is 48.5 Å². The Hall–Kier alpha value is -3.39. The lowest BCUT2D eigenvalue weighted by atomic mass is 9.98. The van der Waals surface area contributed by atoms with Gasteiger partial charge in [-0.2, -0.15) is 0 Å². The Balaban J connectivity index is 1.61. The van der Waals surface area contributed by atoms with Crippen LogP contribution in [0.4, 0.5) is 4.79 Å². The van der Waals surface area contributed by atoms with Crippen molar-refractivity contribution in [2.24, 2.45) is 0 Å². The maximum absolute atomic E-state index is 12.3. The Morgan fingerprint density at radius 2 is 1.63 bits per heavy atom. The number of nitrogens with one attached hydrogen (secondary N) is 1. The summed E-state index contributed by atoms with van der Waals surface area (Å²) in [5.74, 6) is -1.85. The third-order valence-electron chi connectivity index (χ3n) is 5.03. The number of rotatable bonds is 8. The SMILES string of the molecule is CCC(NC(=O)OCC1c2ccccc2-c2ccccc21)C(=O)N(C)OCC(=O)O. The summed E-state index contributed by atoms with van der Waals surface area (Å²) in [7, 11) is 1.30. The molecule has 3 rings (SSSR count). The number of alkyl carbamates (subject to hydrolysis) is 1. The second-order valence-electron chi connectivity index (χ2n) is 6.93. The third-order valence-corrected chi connectivity index (χ3v) is 5.03. The van der Waals surface area contributed by atoms with E-state index >= 15 is 0 Å². The van der Waals surface area contributed by atoms with Gasteiger partial charge in [-0.15, -0.1) is 0 Å². The minimum absolute atomic E-state index is 0.0829. The fourth-order valence-corrected chi connectivity index (χ4v) is 3.56. The number of carbonyl (C=O) groups is 3. The second-order valence-corrected chi connectivity index (χ2v) is 6.93. The van der Waals surface area contributed by atoms with E-state index < -0.39 is 30.6 Å². The van der Waals surface area contributed by atoms with E-state index in [9.17, 15) is 14.4 Å². The van der Waals surface area contributed by atoms with E-state index in [-0.39, 0.29) is 12.5 Å². The van der Waals surface area contributed by atoms with Crippen molar-refractivity contribution in [1.29, 1.82) is 0 Å². The highest BCUT2D eigenvalue weighted by atomic mass is 16.7. The first kappa shape index (κ1) is 21.3. The summed E-state index contributed by atoms with van der Waals surface area (Å²) < 4.78 is 5.44. The van der Waals surface area contributed by atoms with Gasteiger partial charge in [-0.05, 0) is 28.7 Å². The number of hydroxylamine groups is 2. The van der Waals surface area contributed by atoms with Gasteiger partial charge in [0.15, 0.2) is 6.61 Å². The van der Waals surface area contributed by atoms with Gasteiger partial charge in [-0.1, -0.05) is 55.5 Å². The molecule has 1 aliphatic carbocycles. The van der Waals surface area contributed by atoms with Crippen LogP contribution in [-0.2, 0) is 19.2 Å². The maximum atomic E-state index is 12.3. The van der Waals surface area contributed by atoms with Crippen LogP contribution < -0.4 is 5.32 Å². The number of hydrogen-bond donors (Lipinski definition) is 2. The molecule has 1 atom stereocenters. The molecule has 0 aromatic heterocycles. The first-order valence-electron chi connectivity index (χ1n) is 9.66. The van der Waals surface area contributed by atoms with Gasteiger partial charge in [-0.3, -0.25) is 9.63 Å². The van der Waals surface area contributed by atoms with E-state index in [0.717, 1.165) is 27.3 Å². The number of carbonyl (C=O) groups excluding carboxylic acids is 2. The van der Waals surface area contributed by atoms with Crippen LogP contribution in [0.5, 0.6) is 0 Å². The summed E-state index contributed by atoms with van der Waals surface area (Å²) in [6.07, 6.45) is -0.423. The van der Waals surface area contributed by atoms with Gasteiger partial charge in [0, 0.05) is 13.0 Å². The summed E-state index contributed by atoms with van der Waals surface area (Å²) in [6.45, 7) is 1.21. The van der Waals surface area contributed by atoms with E-state index in [2.05, 4.69) is 5.32 Å². The van der Waals surface area contributed by atoms with Gasteiger partial charge in [0.2, 0.25) is 0 Å². The summed E-state index contributed by atoms with van der Waals surface area (Å²) >= 11 is 0. The molecule has 8 nitrogen and oxygen atoms in total. The second kappa shape index (κ2) is 9.41. The zero-order valence-electron chi connectivity index (χ0n) is 16.8. The van der Waals surface area contributed by atoms with Crippen LogP contribution in [0.3, 0.4) is 0 Å². The molecule has 2 amide bonds. The van der Waals surface area contributed by atoms with Gasteiger partial charge < -0.3 is 15.2 Å². The van der Waals surface area contributed by atoms with Gasteiger partial charge in [0.05, 0.1) is 0 Å². The van der Waals surface area contributed by atoms with E-state index in [0.29, 0.717) is 6.42 Å².